The largest absolute Gasteiger partial charge is 0.269 e. The third-order valence-electron chi connectivity index (χ3n) is 2.21. The van der Waals surface area contributed by atoms with Crippen LogP contribution < -0.4 is 0 Å². The van der Waals surface area contributed by atoms with Crippen molar-refractivity contribution in [1.82, 2.24) is 0 Å². The molecule has 0 amide bonds. The number of nitro benzene ring substituents is 2. The minimum atomic E-state index is -0.417. The Labute approximate surface area is 109 Å². The molecule has 2 aromatic rings. The molecule has 0 N–H and O–H groups in total. The Kier molecular flexibility index (Phi) is 5.16. The van der Waals surface area contributed by atoms with E-state index in [0.717, 1.165) is 5.56 Å². The second kappa shape index (κ2) is 6.85. The van der Waals surface area contributed by atoms with Crippen molar-refractivity contribution in [2.45, 2.75) is 6.92 Å². The minimum Gasteiger partial charge on any atom is -0.258 e. The highest BCUT2D eigenvalue weighted by molar-refractivity contribution is 5.32. The van der Waals surface area contributed by atoms with Gasteiger partial charge in [-0.05, 0) is 6.92 Å². The van der Waals surface area contributed by atoms with Gasteiger partial charge in [-0.1, -0.05) is 35.9 Å². The second-order valence-electron chi connectivity index (χ2n) is 3.69. The van der Waals surface area contributed by atoms with Crippen LogP contribution in [0.3, 0.4) is 0 Å². The van der Waals surface area contributed by atoms with E-state index in [0.29, 0.717) is 0 Å². The molecule has 0 spiro atoms. The van der Waals surface area contributed by atoms with Gasteiger partial charge in [0.05, 0.1) is 9.85 Å². The zero-order chi connectivity index (χ0) is 14.3. The number of rotatable bonds is 2. The minimum absolute atomic E-state index is 0.137. The van der Waals surface area contributed by atoms with Crippen LogP contribution in [-0.2, 0) is 0 Å². The van der Waals surface area contributed by atoms with Crippen LogP contribution >= 0.6 is 0 Å². The van der Waals surface area contributed by atoms with Crippen molar-refractivity contribution >= 4 is 11.4 Å². The summed E-state index contributed by atoms with van der Waals surface area (Å²) in [6.45, 7) is 1.89. The van der Waals surface area contributed by atoms with Gasteiger partial charge in [-0.25, -0.2) is 0 Å². The molecule has 0 saturated heterocycles. The summed E-state index contributed by atoms with van der Waals surface area (Å²) in [5.74, 6) is 0. The molecule has 2 aromatic carbocycles. The molecule has 6 nitrogen and oxygen atoms in total. The van der Waals surface area contributed by atoms with E-state index in [4.69, 9.17) is 0 Å². The summed E-state index contributed by atoms with van der Waals surface area (Å²) in [4.78, 5) is 19.3. The molecule has 19 heavy (non-hydrogen) atoms. The van der Waals surface area contributed by atoms with Crippen molar-refractivity contribution in [3.05, 3.63) is 80.4 Å². The van der Waals surface area contributed by atoms with Gasteiger partial charge in [0.1, 0.15) is 0 Å². The fourth-order valence-corrected chi connectivity index (χ4v) is 1.22. The second-order valence-corrected chi connectivity index (χ2v) is 3.69. The predicted molar refractivity (Wildman–Crippen MR) is 70.9 cm³/mol. The van der Waals surface area contributed by atoms with E-state index < -0.39 is 9.85 Å². The summed E-state index contributed by atoms with van der Waals surface area (Å²) in [6.07, 6.45) is 0. The van der Waals surface area contributed by atoms with E-state index in [9.17, 15) is 20.2 Å². The van der Waals surface area contributed by atoms with Gasteiger partial charge < -0.3 is 0 Å². The average molecular weight is 260 g/mol. The maximum Gasteiger partial charge on any atom is 0.269 e. The number of benzene rings is 2. The number of aryl methyl sites for hydroxylation is 1. The molecule has 0 atom stereocenters. The highest BCUT2D eigenvalue weighted by Gasteiger charge is 2.00. The Hall–Kier alpha value is -2.76. The number of nitro groups is 2. The van der Waals surface area contributed by atoms with Crippen LogP contribution in [0.5, 0.6) is 0 Å². The molecule has 0 radical (unpaired) electrons. The summed E-state index contributed by atoms with van der Waals surface area (Å²) in [5, 5.41) is 20.1. The Morgan fingerprint density at radius 2 is 1.16 bits per heavy atom. The van der Waals surface area contributed by atoms with E-state index in [-0.39, 0.29) is 11.4 Å². The van der Waals surface area contributed by atoms with Crippen LogP contribution in [0.4, 0.5) is 11.4 Å². The number of nitrogens with zero attached hydrogens (tertiary/aromatic N) is 2. The molecular formula is C13H12N2O4. The van der Waals surface area contributed by atoms with E-state index >= 15 is 0 Å². The van der Waals surface area contributed by atoms with Crippen LogP contribution in [0.15, 0.2) is 54.6 Å². The first-order valence-corrected chi connectivity index (χ1v) is 5.41. The molecule has 0 aromatic heterocycles. The third kappa shape index (κ3) is 4.95. The Balaban J connectivity index is 0.000000191. The summed E-state index contributed by atoms with van der Waals surface area (Å²) in [6, 6.07) is 14.4. The van der Waals surface area contributed by atoms with Gasteiger partial charge in [-0.2, -0.15) is 0 Å². The molecule has 0 saturated carbocycles. The number of hydrogen-bond acceptors (Lipinski definition) is 4. The highest BCUT2D eigenvalue weighted by Crippen LogP contribution is 2.10. The summed E-state index contributed by atoms with van der Waals surface area (Å²) in [5.41, 5.74) is 1.31. The summed E-state index contributed by atoms with van der Waals surface area (Å²) in [7, 11) is 0. The van der Waals surface area contributed by atoms with E-state index in [1.165, 1.54) is 24.3 Å². The topological polar surface area (TPSA) is 86.3 Å². The van der Waals surface area contributed by atoms with Gasteiger partial charge in [-0.3, -0.25) is 20.2 Å². The Morgan fingerprint density at radius 3 is 1.53 bits per heavy atom. The van der Waals surface area contributed by atoms with Crippen molar-refractivity contribution in [2.75, 3.05) is 0 Å². The number of non-ortho nitro benzene ring substituents is 2. The van der Waals surface area contributed by atoms with Gasteiger partial charge in [0.25, 0.3) is 11.4 Å². The lowest BCUT2D eigenvalue weighted by Gasteiger charge is -1.90. The van der Waals surface area contributed by atoms with Crippen molar-refractivity contribution in [3.63, 3.8) is 0 Å². The maximum atomic E-state index is 10.1. The van der Waals surface area contributed by atoms with Gasteiger partial charge >= 0.3 is 0 Å². The van der Waals surface area contributed by atoms with Gasteiger partial charge in [0.15, 0.2) is 0 Å². The Bertz CT molecular complexity index is 553. The lowest BCUT2D eigenvalue weighted by molar-refractivity contribution is -0.385. The molecule has 0 unspecified atom stereocenters. The van der Waals surface area contributed by atoms with Crippen molar-refractivity contribution in [2.24, 2.45) is 0 Å². The van der Waals surface area contributed by atoms with Gasteiger partial charge in [-0.15, -0.1) is 0 Å². The van der Waals surface area contributed by atoms with Crippen LogP contribution in [0.2, 0.25) is 0 Å². The molecule has 0 heterocycles. The maximum absolute atomic E-state index is 10.1. The monoisotopic (exact) mass is 260 g/mol. The first-order chi connectivity index (χ1) is 9.00. The number of para-hydroxylation sites is 1. The first kappa shape index (κ1) is 14.3. The molecule has 0 aliphatic heterocycles. The highest BCUT2D eigenvalue weighted by atomic mass is 16.6. The first-order valence-electron chi connectivity index (χ1n) is 5.41. The molecule has 2 rings (SSSR count). The van der Waals surface area contributed by atoms with E-state index in [1.807, 2.05) is 6.92 Å². The van der Waals surface area contributed by atoms with Crippen LogP contribution in [-0.4, -0.2) is 9.85 Å². The lowest BCUT2D eigenvalue weighted by Crippen LogP contribution is -1.86. The smallest absolute Gasteiger partial charge is 0.258 e. The molecule has 0 fully saturated rings. The summed E-state index contributed by atoms with van der Waals surface area (Å²) >= 11 is 0. The zero-order valence-corrected chi connectivity index (χ0v) is 10.2. The van der Waals surface area contributed by atoms with Crippen molar-refractivity contribution in [3.8, 4) is 0 Å². The quantitative estimate of drug-likeness (QED) is 0.610. The SMILES string of the molecule is Cc1ccc([N+](=O)[O-])cc1.O=[N+]([O-])c1ccccc1. The average Bonchev–Trinajstić information content (AvgIpc) is 2.41. The number of hydrogen-bond donors (Lipinski definition) is 0. The van der Waals surface area contributed by atoms with Gasteiger partial charge in [0, 0.05) is 24.3 Å². The molecular weight excluding hydrogens is 248 g/mol. The van der Waals surface area contributed by atoms with Crippen molar-refractivity contribution in [1.29, 1.82) is 0 Å². The van der Waals surface area contributed by atoms with Gasteiger partial charge in [0.2, 0.25) is 0 Å². The molecule has 6 heteroatoms. The van der Waals surface area contributed by atoms with E-state index in [1.54, 1.807) is 30.3 Å². The Morgan fingerprint density at radius 1 is 0.737 bits per heavy atom. The molecule has 0 aliphatic carbocycles. The van der Waals surface area contributed by atoms with E-state index in [2.05, 4.69) is 0 Å². The third-order valence-corrected chi connectivity index (χ3v) is 2.21. The normalized spacial score (nSPS) is 9.11. The standard InChI is InChI=1S/C7H7NO2.C6H5NO2/c1-6-2-4-7(5-3-6)8(9)10;8-7(9)6-4-2-1-3-5-6/h2-5H,1H3;1-5H. The predicted octanol–water partition coefficient (Wildman–Crippen LogP) is 3.50. The fourth-order valence-electron chi connectivity index (χ4n) is 1.22. The molecule has 0 bridgehead atoms. The molecule has 98 valence electrons. The van der Waals surface area contributed by atoms with Crippen LogP contribution in [0, 0.1) is 27.2 Å². The zero-order valence-electron chi connectivity index (χ0n) is 10.2. The fraction of sp³-hybridized carbons (Fsp3) is 0.0769. The van der Waals surface area contributed by atoms with Crippen LogP contribution in [0.1, 0.15) is 5.56 Å². The lowest BCUT2D eigenvalue weighted by atomic mass is 10.2. The molecule has 0 aliphatic rings. The van der Waals surface area contributed by atoms with Crippen molar-refractivity contribution < 1.29 is 9.85 Å². The summed E-state index contributed by atoms with van der Waals surface area (Å²) < 4.78 is 0. The van der Waals surface area contributed by atoms with Crippen LogP contribution in [0.25, 0.3) is 0 Å².